The molecule has 1 aliphatic rings. The maximum Gasteiger partial charge on any atom is 0.338 e. The van der Waals surface area contributed by atoms with Crippen molar-refractivity contribution in [3.63, 3.8) is 0 Å². The van der Waals surface area contributed by atoms with Gasteiger partial charge in [0.2, 0.25) is 5.43 Å². The number of methoxy groups -OCH3 is 1. The summed E-state index contributed by atoms with van der Waals surface area (Å²) < 4.78 is 19.9. The second-order valence-electron chi connectivity index (χ2n) is 6.61. The minimum Gasteiger partial charge on any atom is -0.503 e. The molecular weight excluding hydrogens is 413 g/mol. The van der Waals surface area contributed by atoms with Crippen molar-refractivity contribution < 1.29 is 23.8 Å². The highest BCUT2D eigenvalue weighted by molar-refractivity contribution is 7.13. The third-order valence-electron chi connectivity index (χ3n) is 4.88. The molecule has 0 atom stereocenters. The van der Waals surface area contributed by atoms with Crippen LogP contribution in [-0.2, 0) is 17.8 Å². The molecule has 3 aromatic rings. The molecule has 0 saturated carbocycles. The number of hydrogen-bond acceptors (Lipinski definition) is 7. The van der Waals surface area contributed by atoms with Gasteiger partial charge < -0.3 is 19.3 Å². The third-order valence-corrected chi connectivity index (χ3v) is 5.69. The topological polar surface area (TPSA) is 102 Å². The molecule has 0 spiro atoms. The van der Waals surface area contributed by atoms with E-state index >= 15 is 0 Å². The monoisotopic (exact) mass is 429 g/mol. The van der Waals surface area contributed by atoms with Crippen LogP contribution >= 0.6 is 11.3 Å². The van der Waals surface area contributed by atoms with Gasteiger partial charge in [0.05, 0.1) is 36.0 Å². The highest BCUT2D eigenvalue weighted by Gasteiger charge is 2.29. The number of ether oxygens (including phenoxy) is 1. The number of aromatic nitrogens is 2. The lowest BCUT2D eigenvalue weighted by Crippen LogP contribution is -2.40. The van der Waals surface area contributed by atoms with Gasteiger partial charge in [-0.2, -0.15) is 0 Å². The van der Waals surface area contributed by atoms with Crippen molar-refractivity contribution in [2.24, 2.45) is 0 Å². The van der Waals surface area contributed by atoms with E-state index in [4.69, 9.17) is 0 Å². The average molecular weight is 429 g/mol. The van der Waals surface area contributed by atoms with Gasteiger partial charge in [0.15, 0.2) is 5.75 Å². The van der Waals surface area contributed by atoms with Gasteiger partial charge >= 0.3 is 5.97 Å². The lowest BCUT2D eigenvalue weighted by atomic mass is 10.0. The molecule has 1 amide bonds. The number of carbonyl (C=O) groups is 2. The minimum absolute atomic E-state index is 0.0158. The first-order valence-electron chi connectivity index (χ1n) is 8.93. The number of pyridine rings is 1. The maximum absolute atomic E-state index is 13.6. The van der Waals surface area contributed by atoms with E-state index in [1.165, 1.54) is 22.3 Å². The first-order valence-corrected chi connectivity index (χ1v) is 9.81. The lowest BCUT2D eigenvalue weighted by Gasteiger charge is -2.31. The number of amides is 1. The van der Waals surface area contributed by atoms with Crippen molar-refractivity contribution in [3.05, 3.63) is 68.8 Å². The lowest BCUT2D eigenvalue weighted by molar-refractivity contribution is 0.0585. The molecule has 1 aromatic carbocycles. The van der Waals surface area contributed by atoms with Gasteiger partial charge in [-0.1, -0.05) is 0 Å². The summed E-state index contributed by atoms with van der Waals surface area (Å²) in [5, 5.41) is 12.7. The van der Waals surface area contributed by atoms with Crippen LogP contribution in [0.1, 0.15) is 26.4 Å². The minimum atomic E-state index is -0.831. The first kappa shape index (κ1) is 19.8. The number of nitrogens with zero attached hydrogens (tertiary/aromatic N) is 3. The Morgan fingerprint density at radius 2 is 2.07 bits per heavy atom. The Bertz CT molecular complexity index is 1210. The van der Waals surface area contributed by atoms with Crippen molar-refractivity contribution in [1.29, 1.82) is 0 Å². The molecule has 154 valence electrons. The zero-order valence-corrected chi connectivity index (χ0v) is 16.6. The Kier molecular flexibility index (Phi) is 5.08. The van der Waals surface area contributed by atoms with Crippen molar-refractivity contribution >= 4 is 23.2 Å². The van der Waals surface area contributed by atoms with Gasteiger partial charge in [-0.3, -0.25) is 9.59 Å². The first-order chi connectivity index (χ1) is 14.4. The number of halogens is 1. The molecule has 4 rings (SSSR count). The van der Waals surface area contributed by atoms with Crippen molar-refractivity contribution in [1.82, 2.24) is 14.5 Å². The Balaban J connectivity index is 1.69. The van der Waals surface area contributed by atoms with Gasteiger partial charge in [-0.15, -0.1) is 11.3 Å². The molecule has 0 saturated heterocycles. The van der Waals surface area contributed by atoms with Crippen molar-refractivity contribution in [2.45, 2.75) is 13.1 Å². The van der Waals surface area contributed by atoms with E-state index in [1.54, 1.807) is 22.3 Å². The third kappa shape index (κ3) is 3.35. The van der Waals surface area contributed by atoms with Crippen LogP contribution in [0, 0.1) is 5.82 Å². The largest absolute Gasteiger partial charge is 0.503 e. The SMILES string of the molecule is COC(=O)c1cc(F)ccc1C(=O)N1CCn2cc(-c3nccs3)c(=O)c(O)c2C1. The van der Waals surface area contributed by atoms with E-state index in [1.807, 2.05) is 0 Å². The quantitative estimate of drug-likeness (QED) is 0.641. The number of carbonyl (C=O) groups excluding carboxylic acids is 2. The van der Waals surface area contributed by atoms with Gasteiger partial charge in [0.25, 0.3) is 5.91 Å². The van der Waals surface area contributed by atoms with Crippen molar-refractivity contribution in [3.8, 4) is 16.3 Å². The van der Waals surface area contributed by atoms with Crippen LogP contribution in [0.3, 0.4) is 0 Å². The average Bonchev–Trinajstić information content (AvgIpc) is 3.29. The van der Waals surface area contributed by atoms with Gasteiger partial charge in [-0.25, -0.2) is 14.2 Å². The summed E-state index contributed by atoms with van der Waals surface area (Å²) in [6.07, 6.45) is 3.19. The molecule has 8 nitrogen and oxygen atoms in total. The summed E-state index contributed by atoms with van der Waals surface area (Å²) in [7, 11) is 1.14. The molecule has 1 N–H and O–H groups in total. The van der Waals surface area contributed by atoms with Gasteiger partial charge in [0, 0.05) is 30.9 Å². The highest BCUT2D eigenvalue weighted by atomic mass is 32.1. The Morgan fingerprint density at radius 1 is 1.27 bits per heavy atom. The molecule has 0 aliphatic carbocycles. The molecule has 10 heteroatoms. The molecule has 0 fully saturated rings. The molecule has 1 aliphatic heterocycles. The standard InChI is InChI=1S/C20H16FN3O5S/c1-29-20(28)13-8-11(21)2-3-12(13)19(27)24-6-5-23-9-14(18-22-4-7-30-18)16(25)17(26)15(23)10-24/h2-4,7-9,26H,5-6,10H2,1H3. The van der Waals surface area contributed by atoms with E-state index in [9.17, 15) is 23.9 Å². The fourth-order valence-electron chi connectivity index (χ4n) is 3.37. The van der Waals surface area contributed by atoms with Gasteiger partial charge in [0.1, 0.15) is 10.8 Å². The number of benzene rings is 1. The fourth-order valence-corrected chi connectivity index (χ4v) is 4.02. The van der Waals surface area contributed by atoms with Crippen LogP contribution in [0.25, 0.3) is 10.6 Å². The Labute approximate surface area is 173 Å². The molecule has 30 heavy (non-hydrogen) atoms. The number of rotatable bonds is 3. The molecule has 0 bridgehead atoms. The summed E-state index contributed by atoms with van der Waals surface area (Å²) in [4.78, 5) is 43.1. The Hall–Kier alpha value is -3.53. The van der Waals surface area contributed by atoms with Crippen LogP contribution in [0.15, 0.2) is 40.8 Å². The second kappa shape index (κ2) is 7.71. The van der Waals surface area contributed by atoms with E-state index < -0.39 is 28.9 Å². The zero-order valence-electron chi connectivity index (χ0n) is 15.8. The van der Waals surface area contributed by atoms with E-state index in [2.05, 4.69) is 9.72 Å². The van der Waals surface area contributed by atoms with Gasteiger partial charge in [-0.05, 0) is 18.2 Å². The van der Waals surface area contributed by atoms with Crippen LogP contribution in [0.4, 0.5) is 4.39 Å². The summed E-state index contributed by atoms with van der Waals surface area (Å²) in [6, 6.07) is 3.25. The maximum atomic E-state index is 13.6. The summed E-state index contributed by atoms with van der Waals surface area (Å²) in [5.74, 6) is -2.48. The number of esters is 1. The smallest absolute Gasteiger partial charge is 0.338 e. The second-order valence-corrected chi connectivity index (χ2v) is 7.50. The van der Waals surface area contributed by atoms with Crippen LogP contribution in [0.5, 0.6) is 5.75 Å². The number of thiazole rings is 1. The predicted molar refractivity (Wildman–Crippen MR) is 106 cm³/mol. The summed E-state index contributed by atoms with van der Waals surface area (Å²) in [5.41, 5.74) is -0.201. The van der Waals surface area contributed by atoms with Crippen molar-refractivity contribution in [2.75, 3.05) is 13.7 Å². The predicted octanol–water partition coefficient (Wildman–Crippen LogP) is 2.26. The van der Waals surface area contributed by atoms with E-state index in [0.717, 1.165) is 19.2 Å². The summed E-state index contributed by atoms with van der Waals surface area (Å²) in [6.45, 7) is 0.543. The fraction of sp³-hybridized carbons (Fsp3) is 0.200. The van der Waals surface area contributed by atoms with Crippen LogP contribution in [0.2, 0.25) is 0 Å². The van der Waals surface area contributed by atoms with E-state index in [0.29, 0.717) is 11.6 Å². The van der Waals surface area contributed by atoms with Crippen LogP contribution < -0.4 is 5.43 Å². The zero-order chi connectivity index (χ0) is 21.4. The number of hydrogen-bond donors (Lipinski definition) is 1. The molecule has 0 unspecified atom stereocenters. The molecule has 3 heterocycles. The number of aromatic hydroxyl groups is 1. The molecular formula is C20H16FN3O5S. The Morgan fingerprint density at radius 3 is 2.77 bits per heavy atom. The highest BCUT2D eigenvalue weighted by Crippen LogP contribution is 2.27. The van der Waals surface area contributed by atoms with E-state index in [-0.39, 0.29) is 35.5 Å². The normalized spacial score (nSPS) is 13.1. The summed E-state index contributed by atoms with van der Waals surface area (Å²) >= 11 is 1.29. The molecule has 2 aromatic heterocycles. The molecule has 0 radical (unpaired) electrons. The van der Waals surface area contributed by atoms with Crippen LogP contribution in [-0.4, -0.2) is 45.1 Å². The number of fused-ring (bicyclic) bond motifs is 1.